The SMILES string of the molecule is CC(=O)OC(COCOc1ccc(NC(C)=S)cc1)COP(=O)([O-])OCC[N+](C)(C)C. The molecule has 0 saturated carbocycles. The number of thiocarbonyl (C=S) groups is 1. The molecule has 1 aromatic rings. The number of hydrogen-bond acceptors (Lipinski definition) is 9. The summed E-state index contributed by atoms with van der Waals surface area (Å²) in [5.74, 6) is -0.0377. The van der Waals surface area contributed by atoms with Crippen LogP contribution in [0.2, 0.25) is 0 Å². The molecule has 0 spiro atoms. The number of phosphoric acid groups is 1. The second-order valence-corrected chi connectivity index (χ2v) is 9.68. The highest BCUT2D eigenvalue weighted by molar-refractivity contribution is 7.80. The van der Waals surface area contributed by atoms with Crippen LogP contribution in [-0.4, -0.2) is 75.8 Å². The summed E-state index contributed by atoms with van der Waals surface area (Å²) in [4.78, 5) is 23.8. The molecule has 2 atom stereocenters. The number of ether oxygens (including phenoxy) is 3. The van der Waals surface area contributed by atoms with Crippen molar-refractivity contribution in [3.8, 4) is 5.75 Å². The zero-order valence-electron chi connectivity index (χ0n) is 18.5. The normalized spacial score (nSPS) is 14.4. The molecule has 0 aromatic heterocycles. The van der Waals surface area contributed by atoms with Crippen LogP contribution in [0.5, 0.6) is 5.75 Å². The largest absolute Gasteiger partial charge is 0.756 e. The maximum absolute atomic E-state index is 11.9. The lowest BCUT2D eigenvalue weighted by Gasteiger charge is -2.28. The van der Waals surface area contributed by atoms with Gasteiger partial charge in [-0.25, -0.2) is 0 Å². The molecule has 0 aliphatic carbocycles. The molecule has 1 aromatic carbocycles. The summed E-state index contributed by atoms with van der Waals surface area (Å²) in [6, 6.07) is 7.06. The Labute approximate surface area is 188 Å². The molecule has 12 heteroatoms. The molecular formula is C19H31N2O8PS. The van der Waals surface area contributed by atoms with E-state index in [0.717, 1.165) is 5.69 Å². The second-order valence-electron chi connectivity index (χ2n) is 7.66. The third-order valence-corrected chi connectivity index (χ3v) is 4.62. The highest BCUT2D eigenvalue weighted by Crippen LogP contribution is 2.38. The van der Waals surface area contributed by atoms with Crippen molar-refractivity contribution in [2.45, 2.75) is 20.0 Å². The smallest absolute Gasteiger partial charge is 0.303 e. The number of nitrogens with one attached hydrogen (secondary N) is 1. The number of nitrogens with zero attached hydrogens (tertiary/aromatic N) is 1. The molecule has 0 radical (unpaired) electrons. The van der Waals surface area contributed by atoms with E-state index in [0.29, 0.717) is 21.8 Å². The summed E-state index contributed by atoms with van der Waals surface area (Å²) < 4.78 is 37.9. The molecule has 1 N–H and O–H groups in total. The monoisotopic (exact) mass is 478 g/mol. The number of phosphoric ester groups is 1. The van der Waals surface area contributed by atoms with Crippen molar-refractivity contribution in [3.05, 3.63) is 24.3 Å². The van der Waals surface area contributed by atoms with Crippen LogP contribution in [0.3, 0.4) is 0 Å². The van der Waals surface area contributed by atoms with Crippen molar-refractivity contribution in [1.29, 1.82) is 0 Å². The lowest BCUT2D eigenvalue weighted by molar-refractivity contribution is -0.870. The molecule has 0 amide bonds. The van der Waals surface area contributed by atoms with E-state index in [2.05, 4.69) is 5.32 Å². The molecule has 0 fully saturated rings. The van der Waals surface area contributed by atoms with Crippen LogP contribution < -0.4 is 14.9 Å². The summed E-state index contributed by atoms with van der Waals surface area (Å²) in [5, 5.41) is 3.00. The molecule has 176 valence electrons. The van der Waals surface area contributed by atoms with Gasteiger partial charge in [0, 0.05) is 12.6 Å². The van der Waals surface area contributed by atoms with Crippen molar-refractivity contribution in [3.63, 3.8) is 0 Å². The maximum atomic E-state index is 11.9. The average Bonchev–Trinajstić information content (AvgIpc) is 2.62. The fourth-order valence-corrected chi connectivity index (χ4v) is 2.96. The molecule has 0 heterocycles. The molecule has 0 aliphatic heterocycles. The Morgan fingerprint density at radius 3 is 2.35 bits per heavy atom. The molecule has 0 aliphatic rings. The van der Waals surface area contributed by atoms with Gasteiger partial charge in [0.05, 0.1) is 39.3 Å². The highest BCUT2D eigenvalue weighted by atomic mass is 32.1. The van der Waals surface area contributed by atoms with Crippen LogP contribution in [-0.2, 0) is 27.9 Å². The standard InChI is InChI=1S/C19H31N2O8PS/c1-15(31)20-17-6-8-18(9-7-17)26-14-25-12-19(29-16(2)22)13-28-30(23,24)27-11-10-21(3,4)5/h6-9,19H,10-14H2,1-5H3,(H-,20,23,24,31). The van der Waals surface area contributed by atoms with Gasteiger partial charge in [-0.15, -0.1) is 0 Å². The summed E-state index contributed by atoms with van der Waals surface area (Å²) in [5.41, 5.74) is 0.832. The van der Waals surface area contributed by atoms with Crippen LogP contribution in [0.1, 0.15) is 13.8 Å². The number of rotatable bonds is 14. The predicted molar refractivity (Wildman–Crippen MR) is 118 cm³/mol. The number of quaternary nitrogens is 1. The summed E-state index contributed by atoms with van der Waals surface area (Å²) in [6.07, 6.45) is -0.942. The molecule has 1 rings (SSSR count). The summed E-state index contributed by atoms with van der Waals surface area (Å²) in [6.45, 7) is 2.75. The quantitative estimate of drug-likeness (QED) is 0.106. The van der Waals surface area contributed by atoms with E-state index in [4.69, 9.17) is 35.5 Å². The van der Waals surface area contributed by atoms with Crippen molar-refractivity contribution >= 4 is 36.7 Å². The minimum Gasteiger partial charge on any atom is -0.756 e. The van der Waals surface area contributed by atoms with Gasteiger partial charge in [-0.3, -0.25) is 9.36 Å². The fourth-order valence-electron chi connectivity index (χ4n) is 2.12. The minimum absolute atomic E-state index is 0.0226. The Bertz CT molecular complexity index is 754. The van der Waals surface area contributed by atoms with E-state index >= 15 is 0 Å². The van der Waals surface area contributed by atoms with E-state index in [1.54, 1.807) is 31.2 Å². The first-order chi connectivity index (χ1) is 14.4. The van der Waals surface area contributed by atoms with Gasteiger partial charge in [0.2, 0.25) is 0 Å². The number of carbonyl (C=O) groups excluding carboxylic acids is 1. The van der Waals surface area contributed by atoms with E-state index in [9.17, 15) is 14.3 Å². The van der Waals surface area contributed by atoms with Gasteiger partial charge in [0.25, 0.3) is 7.82 Å². The van der Waals surface area contributed by atoms with Gasteiger partial charge in [0.1, 0.15) is 25.0 Å². The van der Waals surface area contributed by atoms with Crippen LogP contribution in [0.4, 0.5) is 5.69 Å². The third-order valence-electron chi connectivity index (χ3n) is 3.55. The van der Waals surface area contributed by atoms with Crippen LogP contribution in [0, 0.1) is 0 Å². The number of likely N-dealkylation sites (N-methyl/N-ethyl adjacent to an activating group) is 1. The molecule has 0 saturated heterocycles. The topological polar surface area (TPSA) is 115 Å². The van der Waals surface area contributed by atoms with Crippen molar-refractivity contribution < 1.29 is 42.0 Å². The van der Waals surface area contributed by atoms with Crippen LogP contribution in [0.15, 0.2) is 24.3 Å². The van der Waals surface area contributed by atoms with Gasteiger partial charge >= 0.3 is 5.97 Å². The third kappa shape index (κ3) is 14.2. The van der Waals surface area contributed by atoms with Gasteiger partial charge in [0.15, 0.2) is 6.79 Å². The van der Waals surface area contributed by atoms with Crippen molar-refractivity contribution in [2.24, 2.45) is 0 Å². The first-order valence-electron chi connectivity index (χ1n) is 9.52. The van der Waals surface area contributed by atoms with Gasteiger partial charge in [-0.05, 0) is 31.2 Å². The first-order valence-corrected chi connectivity index (χ1v) is 11.4. The Morgan fingerprint density at radius 2 is 1.81 bits per heavy atom. The number of anilines is 1. The lowest BCUT2D eigenvalue weighted by Crippen LogP contribution is -2.37. The number of benzene rings is 1. The Hall–Kier alpha value is -1.59. The van der Waals surface area contributed by atoms with E-state index in [1.165, 1.54) is 6.92 Å². The van der Waals surface area contributed by atoms with E-state index in [-0.39, 0.29) is 20.0 Å². The lowest BCUT2D eigenvalue weighted by atomic mass is 10.3. The predicted octanol–water partition coefficient (Wildman–Crippen LogP) is 1.94. The zero-order valence-corrected chi connectivity index (χ0v) is 20.2. The number of hydrogen-bond donors (Lipinski definition) is 1. The molecular weight excluding hydrogens is 447 g/mol. The number of esters is 1. The Morgan fingerprint density at radius 1 is 1.16 bits per heavy atom. The number of carbonyl (C=O) groups is 1. The van der Waals surface area contributed by atoms with Crippen LogP contribution in [0.25, 0.3) is 0 Å². The molecule has 0 bridgehead atoms. The minimum atomic E-state index is -4.53. The van der Waals surface area contributed by atoms with E-state index in [1.807, 2.05) is 21.1 Å². The van der Waals surface area contributed by atoms with Gasteiger partial charge in [-0.2, -0.15) is 0 Å². The average molecular weight is 479 g/mol. The van der Waals surface area contributed by atoms with Gasteiger partial charge < -0.3 is 38.0 Å². The molecule has 31 heavy (non-hydrogen) atoms. The van der Waals surface area contributed by atoms with Gasteiger partial charge in [-0.1, -0.05) is 12.2 Å². The molecule has 2 unspecified atom stereocenters. The summed E-state index contributed by atoms with van der Waals surface area (Å²) >= 11 is 4.98. The first kappa shape index (κ1) is 27.4. The fraction of sp³-hybridized carbons (Fsp3) is 0.579. The second kappa shape index (κ2) is 13.1. The van der Waals surface area contributed by atoms with Crippen molar-refractivity contribution in [1.82, 2.24) is 0 Å². The summed E-state index contributed by atoms with van der Waals surface area (Å²) in [7, 11) is 1.18. The van der Waals surface area contributed by atoms with E-state index < -0.39 is 26.5 Å². The zero-order chi connectivity index (χ0) is 23.5. The highest BCUT2D eigenvalue weighted by Gasteiger charge is 2.19. The van der Waals surface area contributed by atoms with Crippen molar-refractivity contribution in [2.75, 3.05) is 59.6 Å². The maximum Gasteiger partial charge on any atom is 0.303 e. The Kier molecular flexibility index (Phi) is 11.6. The molecule has 10 nitrogen and oxygen atoms in total. The Balaban J connectivity index is 2.42. The van der Waals surface area contributed by atoms with Crippen LogP contribution >= 0.6 is 20.0 Å².